The van der Waals surface area contributed by atoms with Crippen molar-refractivity contribution in [2.45, 2.75) is 24.8 Å². The van der Waals surface area contributed by atoms with Crippen LogP contribution in [-0.2, 0) is 14.8 Å². The lowest BCUT2D eigenvalue weighted by Crippen LogP contribution is -2.40. The molecule has 0 saturated heterocycles. The van der Waals surface area contributed by atoms with Crippen molar-refractivity contribution in [3.63, 3.8) is 0 Å². The van der Waals surface area contributed by atoms with Gasteiger partial charge >= 0.3 is 0 Å². The van der Waals surface area contributed by atoms with Gasteiger partial charge in [-0.1, -0.05) is 24.3 Å². The summed E-state index contributed by atoms with van der Waals surface area (Å²) in [7, 11) is -4.00. The molecule has 1 aliphatic heterocycles. The topological polar surface area (TPSA) is 75.7 Å². The number of halogens is 1. The maximum absolute atomic E-state index is 13.9. The van der Waals surface area contributed by atoms with E-state index < -0.39 is 28.3 Å². The molecule has 3 aromatic carbocycles. The fourth-order valence-electron chi connectivity index (χ4n) is 3.52. The van der Waals surface area contributed by atoms with Crippen LogP contribution in [0.5, 0.6) is 5.75 Å². The molecular weight excluding hydrogens is 419 g/mol. The first kappa shape index (κ1) is 20.9. The van der Waals surface area contributed by atoms with Crippen molar-refractivity contribution in [1.29, 1.82) is 0 Å². The van der Waals surface area contributed by atoms with E-state index in [0.717, 1.165) is 4.31 Å². The molecule has 3 aromatic rings. The zero-order valence-corrected chi connectivity index (χ0v) is 17.8. The van der Waals surface area contributed by atoms with Gasteiger partial charge in [0, 0.05) is 22.9 Å². The number of ether oxygens (including phenoxy) is 1. The molecule has 160 valence electrons. The lowest BCUT2D eigenvalue weighted by molar-refractivity contribution is -0.114. The monoisotopic (exact) mass is 440 g/mol. The van der Waals surface area contributed by atoms with E-state index in [2.05, 4.69) is 5.32 Å². The van der Waals surface area contributed by atoms with Crippen molar-refractivity contribution < 1.29 is 22.3 Å². The highest BCUT2D eigenvalue weighted by Gasteiger charge is 2.36. The summed E-state index contributed by atoms with van der Waals surface area (Å²) < 4.78 is 47.1. The molecule has 0 atom stereocenters. The van der Waals surface area contributed by atoms with Crippen LogP contribution in [0.4, 0.5) is 15.8 Å². The largest absolute Gasteiger partial charge is 0.491 e. The Morgan fingerprint density at radius 3 is 2.58 bits per heavy atom. The first-order chi connectivity index (χ1) is 14.8. The molecule has 1 heterocycles. The van der Waals surface area contributed by atoms with E-state index in [1.54, 1.807) is 42.5 Å². The highest BCUT2D eigenvalue weighted by molar-refractivity contribution is 7.93. The Balaban J connectivity index is 1.65. The minimum atomic E-state index is -4.00. The molecule has 0 aromatic heterocycles. The van der Waals surface area contributed by atoms with E-state index in [-0.39, 0.29) is 16.7 Å². The average Bonchev–Trinajstić information content (AvgIpc) is 2.71. The molecule has 8 heteroatoms. The third-order valence-electron chi connectivity index (χ3n) is 4.75. The van der Waals surface area contributed by atoms with Crippen LogP contribution in [0.25, 0.3) is 11.1 Å². The Kier molecular flexibility index (Phi) is 5.41. The van der Waals surface area contributed by atoms with E-state index >= 15 is 0 Å². The highest BCUT2D eigenvalue weighted by atomic mass is 32.2. The molecule has 31 heavy (non-hydrogen) atoms. The minimum absolute atomic E-state index is 0.0265. The molecule has 1 N–H and O–H groups in total. The fourth-order valence-corrected chi connectivity index (χ4v) is 5.17. The molecule has 0 aliphatic carbocycles. The van der Waals surface area contributed by atoms with Gasteiger partial charge < -0.3 is 10.1 Å². The summed E-state index contributed by atoms with van der Waals surface area (Å²) in [4.78, 5) is 12.8. The normalized spacial score (nSPS) is 14.0. The van der Waals surface area contributed by atoms with Crippen LogP contribution in [0.3, 0.4) is 0 Å². The predicted molar refractivity (Wildman–Crippen MR) is 117 cm³/mol. The third-order valence-corrected chi connectivity index (χ3v) is 6.57. The second-order valence-corrected chi connectivity index (χ2v) is 9.24. The van der Waals surface area contributed by atoms with Gasteiger partial charge in [0.05, 0.1) is 16.7 Å². The number of rotatable bonds is 5. The number of carbonyl (C=O) groups excluding carboxylic acids is 1. The number of sulfonamides is 1. The number of benzene rings is 3. The third kappa shape index (κ3) is 4.11. The van der Waals surface area contributed by atoms with E-state index in [1.165, 1.54) is 24.3 Å². The van der Waals surface area contributed by atoms with E-state index in [9.17, 15) is 17.6 Å². The van der Waals surface area contributed by atoms with Crippen LogP contribution in [0.2, 0.25) is 0 Å². The van der Waals surface area contributed by atoms with Crippen LogP contribution in [0, 0.1) is 5.82 Å². The van der Waals surface area contributed by atoms with Gasteiger partial charge in [-0.3, -0.25) is 9.10 Å². The molecule has 0 spiro atoms. The standard InChI is InChI=1S/C23H21FN2O4S/c1-15(2)30-18-7-5-6-17(13-18)25-23(27)14-26-21-11-10-16(24)12-20(21)19-8-3-4-9-22(19)31(26,28)29/h3-13,15H,14H2,1-2H3,(H,25,27). The molecule has 4 rings (SSSR count). The van der Waals surface area contributed by atoms with Gasteiger partial charge in [-0.05, 0) is 50.2 Å². The van der Waals surface area contributed by atoms with Crippen molar-refractivity contribution >= 4 is 27.3 Å². The second-order valence-electron chi connectivity index (χ2n) is 7.41. The van der Waals surface area contributed by atoms with Gasteiger partial charge in [0.1, 0.15) is 18.1 Å². The molecule has 6 nitrogen and oxygen atoms in total. The number of hydrogen-bond acceptors (Lipinski definition) is 4. The van der Waals surface area contributed by atoms with Crippen LogP contribution in [0.15, 0.2) is 71.6 Å². The number of amides is 1. The summed E-state index contributed by atoms with van der Waals surface area (Å²) in [6, 6.07) is 17.1. The van der Waals surface area contributed by atoms with Gasteiger partial charge in [0.2, 0.25) is 5.91 Å². The average molecular weight is 440 g/mol. The molecule has 0 radical (unpaired) electrons. The van der Waals surface area contributed by atoms with Crippen LogP contribution in [-0.4, -0.2) is 27.0 Å². The molecule has 1 aliphatic rings. The van der Waals surface area contributed by atoms with E-state index in [1.807, 2.05) is 13.8 Å². The molecular formula is C23H21FN2O4S. The summed E-state index contributed by atoms with van der Waals surface area (Å²) in [6.45, 7) is 3.33. The second kappa shape index (κ2) is 8.03. The molecule has 0 fully saturated rings. The minimum Gasteiger partial charge on any atom is -0.491 e. The number of hydrogen-bond donors (Lipinski definition) is 1. The zero-order chi connectivity index (χ0) is 22.2. The van der Waals surface area contributed by atoms with Crippen molar-refractivity contribution in [2.75, 3.05) is 16.2 Å². The maximum atomic E-state index is 13.9. The van der Waals surface area contributed by atoms with Crippen LogP contribution < -0.4 is 14.4 Å². The molecule has 0 bridgehead atoms. The van der Waals surface area contributed by atoms with Gasteiger partial charge in [-0.15, -0.1) is 0 Å². The predicted octanol–water partition coefficient (Wildman–Crippen LogP) is 4.43. The first-order valence-corrected chi connectivity index (χ1v) is 11.2. The first-order valence-electron chi connectivity index (χ1n) is 9.74. The zero-order valence-electron chi connectivity index (χ0n) is 17.0. The summed E-state index contributed by atoms with van der Waals surface area (Å²) >= 11 is 0. The Hall–Kier alpha value is -3.39. The van der Waals surface area contributed by atoms with Gasteiger partial charge in [0.25, 0.3) is 10.0 Å². The van der Waals surface area contributed by atoms with Crippen LogP contribution in [0.1, 0.15) is 13.8 Å². The number of nitrogens with one attached hydrogen (secondary N) is 1. The van der Waals surface area contributed by atoms with Crippen molar-refractivity contribution in [3.05, 3.63) is 72.5 Å². The highest BCUT2D eigenvalue weighted by Crippen LogP contribution is 2.43. The number of anilines is 2. The summed E-state index contributed by atoms with van der Waals surface area (Å²) in [5, 5.41) is 2.71. The SMILES string of the molecule is CC(C)Oc1cccc(NC(=O)CN2c3ccc(F)cc3-c3ccccc3S2(=O)=O)c1. The summed E-state index contributed by atoms with van der Waals surface area (Å²) in [5.41, 5.74) is 1.57. The number of carbonyl (C=O) groups is 1. The van der Waals surface area contributed by atoms with Crippen molar-refractivity contribution in [1.82, 2.24) is 0 Å². The summed E-state index contributed by atoms with van der Waals surface area (Å²) in [6.07, 6.45) is -0.0265. The van der Waals surface area contributed by atoms with E-state index in [0.29, 0.717) is 22.6 Å². The fraction of sp³-hybridized carbons (Fsp3) is 0.174. The molecule has 0 saturated carbocycles. The lowest BCUT2D eigenvalue weighted by atomic mass is 10.0. The quantitative estimate of drug-likeness (QED) is 0.637. The number of nitrogens with zero attached hydrogens (tertiary/aromatic N) is 1. The van der Waals surface area contributed by atoms with Gasteiger partial charge in [-0.2, -0.15) is 0 Å². The van der Waals surface area contributed by atoms with Gasteiger partial charge in [0.15, 0.2) is 0 Å². The smallest absolute Gasteiger partial charge is 0.265 e. The number of fused-ring (bicyclic) bond motifs is 3. The Morgan fingerprint density at radius 1 is 1.03 bits per heavy atom. The Bertz CT molecular complexity index is 1260. The van der Waals surface area contributed by atoms with E-state index in [4.69, 9.17) is 4.74 Å². The van der Waals surface area contributed by atoms with Crippen molar-refractivity contribution in [3.8, 4) is 16.9 Å². The Labute approximate surface area is 180 Å². The lowest BCUT2D eigenvalue weighted by Gasteiger charge is -2.31. The molecule has 1 amide bonds. The van der Waals surface area contributed by atoms with Crippen LogP contribution >= 0.6 is 0 Å². The van der Waals surface area contributed by atoms with Crippen molar-refractivity contribution in [2.24, 2.45) is 0 Å². The maximum Gasteiger partial charge on any atom is 0.265 e. The van der Waals surface area contributed by atoms with Gasteiger partial charge in [-0.25, -0.2) is 12.8 Å². The summed E-state index contributed by atoms with van der Waals surface area (Å²) in [5.74, 6) is -0.424. The Morgan fingerprint density at radius 2 is 1.81 bits per heavy atom. The molecule has 0 unspecified atom stereocenters.